The normalized spacial score (nSPS) is 12.9. The maximum absolute atomic E-state index is 13.8. The first-order valence-corrected chi connectivity index (χ1v) is 8.69. The van der Waals surface area contributed by atoms with Crippen LogP contribution in [0.4, 0.5) is 14.7 Å². The van der Waals surface area contributed by atoms with E-state index in [-0.39, 0.29) is 12.5 Å². The molecule has 1 aromatic carbocycles. The molecular weight excluding hydrogens is 366 g/mol. The van der Waals surface area contributed by atoms with Crippen LogP contribution in [-0.2, 0) is 19.6 Å². The Bertz CT molecular complexity index is 1030. The molecule has 0 N–H and O–H groups in total. The zero-order chi connectivity index (χ0) is 19.8. The van der Waals surface area contributed by atoms with Gasteiger partial charge < -0.3 is 9.80 Å². The standard InChI is InChI=1S/C19H18F2N6O/c1-25(2)18(28)16-5-6-22-19(23-16)26-8-13-10-27(24-17(13)11-26)9-12-3-4-14(20)7-15(12)21/h3-7,10H,8-9,11H2,1-2H3. The molecule has 9 heteroatoms. The fourth-order valence-electron chi connectivity index (χ4n) is 3.11. The fourth-order valence-corrected chi connectivity index (χ4v) is 3.11. The van der Waals surface area contributed by atoms with Crippen LogP contribution in [-0.4, -0.2) is 44.7 Å². The molecule has 4 rings (SSSR count). The van der Waals surface area contributed by atoms with Gasteiger partial charge in [-0.2, -0.15) is 5.10 Å². The van der Waals surface area contributed by atoms with E-state index in [1.54, 1.807) is 31.0 Å². The topological polar surface area (TPSA) is 67.2 Å². The molecule has 0 fully saturated rings. The molecule has 0 spiro atoms. The molecule has 28 heavy (non-hydrogen) atoms. The van der Waals surface area contributed by atoms with Gasteiger partial charge in [-0.05, 0) is 12.1 Å². The monoisotopic (exact) mass is 384 g/mol. The van der Waals surface area contributed by atoms with Gasteiger partial charge in [-0.15, -0.1) is 0 Å². The van der Waals surface area contributed by atoms with E-state index in [1.807, 2.05) is 11.1 Å². The van der Waals surface area contributed by atoms with Crippen LogP contribution >= 0.6 is 0 Å². The Morgan fingerprint density at radius 1 is 1.21 bits per heavy atom. The molecule has 7 nitrogen and oxygen atoms in total. The summed E-state index contributed by atoms with van der Waals surface area (Å²) in [6.45, 7) is 1.26. The lowest BCUT2D eigenvalue weighted by Crippen LogP contribution is -2.25. The summed E-state index contributed by atoms with van der Waals surface area (Å²) in [4.78, 5) is 24.1. The molecule has 0 saturated carbocycles. The van der Waals surface area contributed by atoms with Crippen molar-refractivity contribution in [2.45, 2.75) is 19.6 Å². The lowest BCUT2D eigenvalue weighted by atomic mass is 10.2. The van der Waals surface area contributed by atoms with Gasteiger partial charge in [0, 0.05) is 50.2 Å². The molecule has 0 bridgehead atoms. The van der Waals surface area contributed by atoms with Crippen molar-refractivity contribution in [3.05, 3.63) is 70.8 Å². The quantitative estimate of drug-likeness (QED) is 0.690. The number of rotatable bonds is 4. The van der Waals surface area contributed by atoms with Crippen LogP contribution in [0.15, 0.2) is 36.7 Å². The van der Waals surface area contributed by atoms with Crippen LogP contribution in [0.3, 0.4) is 0 Å². The molecular formula is C19H18F2N6O. The summed E-state index contributed by atoms with van der Waals surface area (Å²) in [5.74, 6) is -0.920. The van der Waals surface area contributed by atoms with E-state index in [0.29, 0.717) is 30.3 Å². The van der Waals surface area contributed by atoms with Gasteiger partial charge in [-0.25, -0.2) is 18.7 Å². The molecule has 2 aromatic heterocycles. The summed E-state index contributed by atoms with van der Waals surface area (Å²) in [6, 6.07) is 5.10. The lowest BCUT2D eigenvalue weighted by molar-refractivity contribution is 0.0822. The second-order valence-corrected chi connectivity index (χ2v) is 6.83. The number of anilines is 1. The van der Waals surface area contributed by atoms with Crippen molar-refractivity contribution in [3.8, 4) is 0 Å². The first-order valence-electron chi connectivity index (χ1n) is 8.69. The number of carbonyl (C=O) groups excluding carboxylic acids is 1. The summed E-state index contributed by atoms with van der Waals surface area (Å²) < 4.78 is 28.5. The first-order chi connectivity index (χ1) is 13.4. The van der Waals surface area contributed by atoms with Gasteiger partial charge in [0.25, 0.3) is 5.91 Å². The Morgan fingerprint density at radius 2 is 2.04 bits per heavy atom. The van der Waals surface area contributed by atoms with Gasteiger partial charge in [0.1, 0.15) is 17.3 Å². The van der Waals surface area contributed by atoms with Crippen LogP contribution in [0, 0.1) is 11.6 Å². The van der Waals surface area contributed by atoms with E-state index in [2.05, 4.69) is 15.1 Å². The predicted molar refractivity (Wildman–Crippen MR) is 97.6 cm³/mol. The van der Waals surface area contributed by atoms with Crippen LogP contribution in [0.25, 0.3) is 0 Å². The minimum Gasteiger partial charge on any atom is -0.343 e. The highest BCUT2D eigenvalue weighted by Crippen LogP contribution is 2.25. The van der Waals surface area contributed by atoms with Crippen molar-refractivity contribution in [2.24, 2.45) is 0 Å². The van der Waals surface area contributed by atoms with Gasteiger partial charge in [-0.1, -0.05) is 6.07 Å². The highest BCUT2D eigenvalue weighted by molar-refractivity contribution is 5.92. The Kier molecular flexibility index (Phi) is 4.50. The van der Waals surface area contributed by atoms with Crippen molar-refractivity contribution >= 4 is 11.9 Å². The minimum absolute atomic E-state index is 0.188. The van der Waals surface area contributed by atoms with Gasteiger partial charge in [0.05, 0.1) is 18.8 Å². The summed E-state index contributed by atoms with van der Waals surface area (Å²) >= 11 is 0. The number of hydrogen-bond acceptors (Lipinski definition) is 5. The third-order valence-corrected chi connectivity index (χ3v) is 4.52. The van der Waals surface area contributed by atoms with Crippen LogP contribution in [0.1, 0.15) is 27.3 Å². The summed E-state index contributed by atoms with van der Waals surface area (Å²) in [6.07, 6.45) is 3.40. The van der Waals surface area contributed by atoms with Gasteiger partial charge in [0.15, 0.2) is 0 Å². The molecule has 0 saturated heterocycles. The van der Waals surface area contributed by atoms with Crippen LogP contribution in [0.2, 0.25) is 0 Å². The van der Waals surface area contributed by atoms with E-state index in [0.717, 1.165) is 17.3 Å². The van der Waals surface area contributed by atoms with Crippen molar-refractivity contribution in [2.75, 3.05) is 19.0 Å². The highest BCUT2D eigenvalue weighted by atomic mass is 19.1. The van der Waals surface area contributed by atoms with E-state index >= 15 is 0 Å². The Labute approximate surface area is 160 Å². The molecule has 3 aromatic rings. The van der Waals surface area contributed by atoms with Crippen LogP contribution < -0.4 is 4.90 Å². The third-order valence-electron chi connectivity index (χ3n) is 4.52. The molecule has 0 radical (unpaired) electrons. The van der Waals surface area contributed by atoms with Gasteiger partial charge in [-0.3, -0.25) is 9.48 Å². The average Bonchev–Trinajstić information content (AvgIpc) is 3.22. The Morgan fingerprint density at radius 3 is 2.75 bits per heavy atom. The zero-order valence-corrected chi connectivity index (χ0v) is 15.4. The molecule has 1 aliphatic heterocycles. The number of fused-ring (bicyclic) bond motifs is 1. The van der Waals surface area contributed by atoms with Crippen molar-refractivity contribution in [1.82, 2.24) is 24.6 Å². The van der Waals surface area contributed by atoms with Gasteiger partial charge >= 0.3 is 0 Å². The first kappa shape index (κ1) is 18.0. The second-order valence-electron chi connectivity index (χ2n) is 6.83. The lowest BCUT2D eigenvalue weighted by Gasteiger charge is -2.17. The minimum atomic E-state index is -0.602. The number of hydrogen-bond donors (Lipinski definition) is 0. The smallest absolute Gasteiger partial charge is 0.272 e. The maximum Gasteiger partial charge on any atom is 0.272 e. The number of halogens is 2. The molecule has 0 atom stereocenters. The Balaban J connectivity index is 1.49. The largest absolute Gasteiger partial charge is 0.343 e. The molecule has 0 unspecified atom stereocenters. The number of nitrogens with zero attached hydrogens (tertiary/aromatic N) is 6. The maximum atomic E-state index is 13.8. The molecule has 3 heterocycles. The van der Waals surface area contributed by atoms with Crippen LogP contribution in [0.5, 0.6) is 0 Å². The SMILES string of the molecule is CN(C)C(=O)c1ccnc(N2Cc3cn(Cc4ccc(F)cc4F)nc3C2)n1. The number of carbonyl (C=O) groups is 1. The van der Waals surface area contributed by atoms with E-state index in [1.165, 1.54) is 17.0 Å². The zero-order valence-electron chi connectivity index (χ0n) is 15.4. The van der Waals surface area contributed by atoms with Crippen molar-refractivity contribution in [1.29, 1.82) is 0 Å². The molecule has 1 aliphatic rings. The summed E-state index contributed by atoms with van der Waals surface area (Å²) in [7, 11) is 3.34. The van der Waals surface area contributed by atoms with Gasteiger partial charge in [0.2, 0.25) is 5.95 Å². The van der Waals surface area contributed by atoms with E-state index < -0.39 is 11.6 Å². The molecule has 144 valence electrons. The fraction of sp³-hybridized carbons (Fsp3) is 0.263. The summed E-state index contributed by atoms with van der Waals surface area (Å²) in [5.41, 5.74) is 2.53. The summed E-state index contributed by atoms with van der Waals surface area (Å²) in [5, 5.41) is 4.49. The molecule has 1 amide bonds. The molecule has 0 aliphatic carbocycles. The van der Waals surface area contributed by atoms with Crippen molar-refractivity contribution in [3.63, 3.8) is 0 Å². The van der Waals surface area contributed by atoms with Crippen molar-refractivity contribution < 1.29 is 13.6 Å². The number of benzene rings is 1. The number of amides is 1. The third kappa shape index (κ3) is 3.42. The number of aromatic nitrogens is 4. The predicted octanol–water partition coefficient (Wildman–Crippen LogP) is 2.22. The highest BCUT2D eigenvalue weighted by Gasteiger charge is 2.25. The Hall–Kier alpha value is -3.36. The second kappa shape index (κ2) is 6.99. The average molecular weight is 384 g/mol. The van der Waals surface area contributed by atoms with E-state index in [4.69, 9.17) is 0 Å². The van der Waals surface area contributed by atoms with E-state index in [9.17, 15) is 13.6 Å².